The second-order valence-electron chi connectivity index (χ2n) is 30.7. The lowest BCUT2D eigenvalue weighted by Gasteiger charge is -2.20. The number of fused-ring (bicyclic) bond motifs is 2. The van der Waals surface area contributed by atoms with Crippen molar-refractivity contribution in [1.82, 2.24) is 0 Å². The Kier molecular flexibility index (Phi) is 34.8. The van der Waals surface area contributed by atoms with Gasteiger partial charge in [0.15, 0.2) is 34.9 Å². The van der Waals surface area contributed by atoms with Crippen molar-refractivity contribution in [3.63, 3.8) is 0 Å². The van der Waals surface area contributed by atoms with E-state index in [0.717, 1.165) is 139 Å². The van der Waals surface area contributed by atoms with E-state index in [1.54, 1.807) is 30.3 Å². The molecule has 0 aliphatic heterocycles. The Morgan fingerprint density at radius 1 is 0.281 bits per heavy atom. The normalized spacial score (nSPS) is 11.2. The SMILES string of the molecule is CCCc1ccc(-c2ccc(-c3cc(F)c(C(F)(F)Br)c(F)c3)c(F)c2)cc1.CCCc1ccc(-c2ccc(-c3cc(F)c(C(F)(F)Oc4ccc5c(F)c(F)c(F)cc5c4)c(F)c3)c(F)c2)cc1.CCCc1ccc(-c2ccc(-c3cc(F)cc(F)c3)c(F)c2)cc1.CCCc1ccc(-c2ccc(B(O)O)c(F)c2)cc1.Fc1cc(F)cc(Br)c1.Oc1ccc2c(F)c(F)c(F)cc2c1. The van der Waals surface area contributed by atoms with E-state index >= 15 is 4.39 Å². The number of alkyl halides is 5. The summed E-state index contributed by atoms with van der Waals surface area (Å²) in [4.78, 5) is -3.86. The highest BCUT2D eigenvalue weighted by atomic mass is 79.9. The monoisotopic (exact) mass is 2000 g/mol. The lowest BCUT2D eigenvalue weighted by Crippen LogP contribution is -2.32. The van der Waals surface area contributed by atoms with Gasteiger partial charge >= 0.3 is 18.1 Å². The van der Waals surface area contributed by atoms with Gasteiger partial charge in [0.25, 0.3) is 0 Å². The van der Waals surface area contributed by atoms with Gasteiger partial charge in [0.2, 0.25) is 0 Å². The highest BCUT2D eigenvalue weighted by Crippen LogP contribution is 2.43. The third-order valence-corrected chi connectivity index (χ3v) is 21.8. The Balaban J connectivity index is 0.000000164. The van der Waals surface area contributed by atoms with Gasteiger partial charge in [-0.3, -0.25) is 0 Å². The Morgan fingerprint density at radius 3 is 0.896 bits per heavy atom. The van der Waals surface area contributed by atoms with Crippen LogP contribution in [0.3, 0.4) is 0 Å². The van der Waals surface area contributed by atoms with Gasteiger partial charge in [0, 0.05) is 49.5 Å². The molecule has 0 spiro atoms. The molecule has 696 valence electrons. The van der Waals surface area contributed by atoms with Gasteiger partial charge in [-0.2, -0.15) is 17.6 Å². The summed E-state index contributed by atoms with van der Waals surface area (Å²) in [5.41, 5.74) is 7.09. The Labute approximate surface area is 778 Å². The average Bonchev–Trinajstić information content (AvgIpc) is 0.758. The summed E-state index contributed by atoms with van der Waals surface area (Å²) in [7, 11) is -1.78. The van der Waals surface area contributed by atoms with Gasteiger partial charge in [-0.05, 0) is 257 Å². The maximum absolute atomic E-state index is 15.0. The molecule has 16 rings (SSSR count). The summed E-state index contributed by atoms with van der Waals surface area (Å²) in [5, 5.41) is 26.3. The van der Waals surface area contributed by atoms with Crippen LogP contribution in [0.2, 0.25) is 0 Å². The van der Waals surface area contributed by atoms with Crippen LogP contribution in [0.1, 0.15) is 86.8 Å². The highest BCUT2D eigenvalue weighted by Gasteiger charge is 2.42. The molecule has 0 fully saturated rings. The van der Waals surface area contributed by atoms with Crippen molar-refractivity contribution in [1.29, 1.82) is 0 Å². The third kappa shape index (κ3) is 26.6. The first-order valence-corrected chi connectivity index (χ1v) is 43.2. The number of aryl methyl sites for hydroxylation is 4. The maximum atomic E-state index is 15.0. The molecule has 0 aromatic heterocycles. The van der Waals surface area contributed by atoms with E-state index in [4.69, 9.17) is 15.2 Å². The summed E-state index contributed by atoms with van der Waals surface area (Å²) in [6, 6.07) is 64.7. The topological polar surface area (TPSA) is 69.9 Å². The Morgan fingerprint density at radius 2 is 0.578 bits per heavy atom. The molecular weight excluding hydrogens is 1930 g/mol. The van der Waals surface area contributed by atoms with Crippen molar-refractivity contribution in [3.8, 4) is 89.4 Å². The standard InChI is InChI=1S/C32H20F8O.C22H16BrF5.C21H17F3.C15H16BFO2.C10H5F3O.C6H3BrF2/c1-2-3-17-4-6-18(7-5-17)19-8-10-23(25(33)13-19)21-14-26(34)29(27(35)15-21)32(39,40)41-22-9-11-24-20(12-22)16-28(36)31(38)30(24)37;1-2-3-13-4-6-14(7-5-13)15-8-9-17(18(24)10-15)16-11-19(25)21(20(26)12-16)22(23,27)28;1-2-3-14-4-6-15(7-5-14)16-8-9-20(21(24)12-16)17-10-18(22)13-19(23)11-17;1-2-3-11-4-6-12(7-5-11)13-8-9-14(16(18)19)15(17)10-13;11-8-4-5-3-6(14)1-2-7(5)9(12)10(8)13;7-4-1-5(8)3-6(9)2-4/h4-16H,2-3H2,1H3;4-12H,2-3H2,1H3;4-13H,2-3H2,1H3;4-10,18-19H,2-3H2,1H3;1-4,14H;1-3H. The summed E-state index contributed by atoms with van der Waals surface area (Å²) in [6.07, 6.45) is 3.48. The first kappa shape index (κ1) is 103. The zero-order chi connectivity index (χ0) is 98.0. The average molecular weight is 2000 g/mol. The summed E-state index contributed by atoms with van der Waals surface area (Å²) in [6.45, 7) is 8.38. The van der Waals surface area contributed by atoms with Crippen LogP contribution >= 0.6 is 31.9 Å². The molecule has 0 unspecified atom stereocenters. The second-order valence-corrected chi connectivity index (χ2v) is 32.6. The first-order valence-electron chi connectivity index (χ1n) is 41.6. The number of ether oxygens (including phenoxy) is 1. The quantitative estimate of drug-likeness (QED) is 0.0308. The molecule has 4 nitrogen and oxygen atoms in total. The van der Waals surface area contributed by atoms with Gasteiger partial charge in [0.1, 0.15) is 92.4 Å². The number of benzene rings is 16. The predicted molar refractivity (Wildman–Crippen MR) is 490 cm³/mol. The molecule has 29 heteroatoms. The molecule has 3 N–H and O–H groups in total. The molecule has 16 aromatic rings. The van der Waals surface area contributed by atoms with Crippen molar-refractivity contribution in [2.45, 2.75) is 90.0 Å². The van der Waals surface area contributed by atoms with E-state index in [1.165, 1.54) is 89.5 Å². The zero-order valence-electron chi connectivity index (χ0n) is 71.6. The van der Waals surface area contributed by atoms with E-state index < -0.39 is 145 Å². The van der Waals surface area contributed by atoms with Gasteiger partial charge in [-0.15, -0.1) is 0 Å². The van der Waals surface area contributed by atoms with Gasteiger partial charge in [0.05, 0.1) is 0 Å². The molecule has 0 aliphatic rings. The van der Waals surface area contributed by atoms with E-state index in [2.05, 4.69) is 48.4 Å². The summed E-state index contributed by atoms with van der Waals surface area (Å²) < 4.78 is 307. The first-order chi connectivity index (χ1) is 64.1. The van der Waals surface area contributed by atoms with E-state index in [1.807, 2.05) is 113 Å². The number of phenolic OH excluding ortho intramolecular Hbond substituents is 1. The number of rotatable bonds is 20. The summed E-state index contributed by atoms with van der Waals surface area (Å²) in [5.74, 6) is -21.2. The fourth-order valence-electron chi connectivity index (χ4n) is 14.4. The van der Waals surface area contributed by atoms with Gasteiger partial charge < -0.3 is 19.9 Å². The van der Waals surface area contributed by atoms with Crippen molar-refractivity contribution in [3.05, 3.63) is 422 Å². The third-order valence-electron chi connectivity index (χ3n) is 20.9. The molecule has 0 heterocycles. The maximum Gasteiger partial charge on any atom is 0.491 e. The van der Waals surface area contributed by atoms with Crippen LogP contribution in [0, 0.1) is 105 Å². The minimum absolute atomic E-state index is 0.0540. The number of aromatic hydroxyl groups is 1. The molecule has 0 aliphatic carbocycles. The van der Waals surface area contributed by atoms with E-state index in [-0.39, 0.29) is 60.8 Å². The predicted octanol–water partition coefficient (Wildman–Crippen LogP) is 32.1. The second kappa shape index (κ2) is 45.9. The van der Waals surface area contributed by atoms with Crippen molar-refractivity contribution in [2.24, 2.45) is 0 Å². The van der Waals surface area contributed by atoms with Crippen LogP contribution in [0.5, 0.6) is 11.5 Å². The molecule has 0 saturated carbocycles. The van der Waals surface area contributed by atoms with Crippen LogP contribution in [-0.4, -0.2) is 22.3 Å². The van der Waals surface area contributed by atoms with E-state index in [0.29, 0.717) is 45.9 Å². The molecule has 0 amide bonds. The van der Waals surface area contributed by atoms with Crippen LogP contribution in [-0.2, 0) is 36.6 Å². The number of hydrogen-bond donors (Lipinski definition) is 3. The molecular formula is C106H77BBr2F22O4. The lowest BCUT2D eigenvalue weighted by atomic mass is 9.79. The zero-order valence-corrected chi connectivity index (χ0v) is 74.8. The minimum atomic E-state index is -4.58. The van der Waals surface area contributed by atoms with Gasteiger partial charge in [-0.25, -0.2) is 79.0 Å². The van der Waals surface area contributed by atoms with Crippen molar-refractivity contribution >= 4 is 66.0 Å². The van der Waals surface area contributed by atoms with Crippen LogP contribution in [0.15, 0.2) is 284 Å². The minimum Gasteiger partial charge on any atom is -0.508 e. The Hall–Kier alpha value is -13.0. The number of halogens is 24. The van der Waals surface area contributed by atoms with Crippen LogP contribution in [0.4, 0.5) is 96.6 Å². The smallest absolute Gasteiger partial charge is 0.491 e. The fraction of sp³-hybridized carbons (Fsp3) is 0.132. The largest absolute Gasteiger partial charge is 0.508 e. The fourth-order valence-corrected chi connectivity index (χ4v) is 15.2. The lowest BCUT2D eigenvalue weighted by molar-refractivity contribution is -0.189. The Bertz CT molecular complexity index is 6770. The molecule has 135 heavy (non-hydrogen) atoms. The van der Waals surface area contributed by atoms with Crippen LogP contribution in [0.25, 0.3) is 99.4 Å². The van der Waals surface area contributed by atoms with Gasteiger partial charge in [-0.1, -0.05) is 215 Å². The molecule has 0 bridgehead atoms. The van der Waals surface area contributed by atoms with Crippen molar-refractivity contribution in [2.75, 3.05) is 0 Å². The van der Waals surface area contributed by atoms with Crippen molar-refractivity contribution < 1.29 is 116 Å². The summed E-state index contributed by atoms with van der Waals surface area (Å²) >= 11 is 4.88. The molecule has 0 saturated heterocycles. The number of hydrogen-bond acceptors (Lipinski definition) is 4. The van der Waals surface area contributed by atoms with Crippen LogP contribution < -0.4 is 10.2 Å². The number of phenols is 1. The highest BCUT2D eigenvalue weighted by molar-refractivity contribution is 9.10. The molecule has 16 aromatic carbocycles. The molecule has 0 radical (unpaired) electrons. The van der Waals surface area contributed by atoms with E-state index in [9.17, 15) is 92.2 Å². The molecule has 0 atom stereocenters.